The van der Waals surface area contributed by atoms with E-state index in [2.05, 4.69) is 0 Å². The van der Waals surface area contributed by atoms with Crippen LogP contribution in [0.25, 0.3) is 0 Å². The van der Waals surface area contributed by atoms with Crippen molar-refractivity contribution < 1.29 is 4.42 Å². The van der Waals surface area contributed by atoms with Crippen LogP contribution in [0, 0.1) is 0 Å². The average molecular weight is 204 g/mol. The SMILES string of the molecule is CSC(=S)SCc1ccco1. The number of thiocarbonyl (C=S) groups is 1. The van der Waals surface area contributed by atoms with Gasteiger partial charge in [-0.2, -0.15) is 0 Å². The minimum atomic E-state index is 0.840. The lowest BCUT2D eigenvalue weighted by atomic mass is 10.5. The fourth-order valence-electron chi connectivity index (χ4n) is 0.584. The molecule has 11 heavy (non-hydrogen) atoms. The molecule has 1 rings (SSSR count). The molecule has 0 aliphatic rings. The molecule has 0 radical (unpaired) electrons. The molecule has 0 saturated heterocycles. The molecular weight excluding hydrogens is 196 g/mol. The summed E-state index contributed by atoms with van der Waals surface area (Å²) in [5, 5.41) is 0. The van der Waals surface area contributed by atoms with Gasteiger partial charge in [-0.1, -0.05) is 24.0 Å². The van der Waals surface area contributed by atoms with E-state index >= 15 is 0 Å². The Kier molecular flexibility index (Phi) is 4.04. The normalized spacial score (nSPS) is 9.91. The highest BCUT2D eigenvalue weighted by molar-refractivity contribution is 8.46. The van der Waals surface area contributed by atoms with E-state index in [-0.39, 0.29) is 0 Å². The van der Waals surface area contributed by atoms with Gasteiger partial charge in [-0.3, -0.25) is 0 Å². The molecular formula is C7H8OS3. The molecule has 60 valence electrons. The molecule has 1 aromatic heterocycles. The molecule has 0 spiro atoms. The molecule has 0 aromatic carbocycles. The lowest BCUT2D eigenvalue weighted by Crippen LogP contribution is -1.80. The van der Waals surface area contributed by atoms with Crippen molar-refractivity contribution in [1.29, 1.82) is 0 Å². The zero-order chi connectivity index (χ0) is 8.10. The Hall–Kier alpha value is 0.0700. The van der Waals surface area contributed by atoms with Gasteiger partial charge < -0.3 is 4.42 Å². The van der Waals surface area contributed by atoms with Crippen LogP contribution in [0.3, 0.4) is 0 Å². The van der Waals surface area contributed by atoms with Crippen molar-refractivity contribution >= 4 is 39.3 Å². The predicted octanol–water partition coefficient (Wildman–Crippen LogP) is 3.16. The Bertz CT molecular complexity index is 218. The van der Waals surface area contributed by atoms with Gasteiger partial charge in [0.15, 0.2) is 0 Å². The van der Waals surface area contributed by atoms with E-state index in [1.807, 2.05) is 18.4 Å². The van der Waals surface area contributed by atoms with E-state index in [0.29, 0.717) is 0 Å². The van der Waals surface area contributed by atoms with E-state index in [1.165, 1.54) is 0 Å². The Morgan fingerprint density at radius 1 is 1.73 bits per heavy atom. The first-order valence-electron chi connectivity index (χ1n) is 3.06. The topological polar surface area (TPSA) is 13.1 Å². The number of thioether (sulfide) groups is 2. The van der Waals surface area contributed by atoms with Crippen LogP contribution in [0.1, 0.15) is 5.76 Å². The van der Waals surface area contributed by atoms with Crippen molar-refractivity contribution in [3.63, 3.8) is 0 Å². The van der Waals surface area contributed by atoms with Crippen LogP contribution >= 0.6 is 35.7 Å². The molecule has 0 unspecified atom stereocenters. The first-order chi connectivity index (χ1) is 5.33. The number of furan rings is 1. The van der Waals surface area contributed by atoms with Crippen molar-refractivity contribution in [3.8, 4) is 0 Å². The zero-order valence-corrected chi connectivity index (χ0v) is 8.52. The maximum absolute atomic E-state index is 5.14. The van der Waals surface area contributed by atoms with Crippen LogP contribution in [0.2, 0.25) is 0 Å². The minimum Gasteiger partial charge on any atom is -0.468 e. The Labute approximate surface area is 79.9 Å². The third-order valence-corrected chi connectivity index (χ3v) is 3.78. The van der Waals surface area contributed by atoms with Crippen molar-refractivity contribution in [2.45, 2.75) is 5.75 Å². The molecule has 1 aromatic rings. The van der Waals surface area contributed by atoms with Gasteiger partial charge >= 0.3 is 0 Å². The van der Waals surface area contributed by atoms with Crippen molar-refractivity contribution in [3.05, 3.63) is 24.2 Å². The van der Waals surface area contributed by atoms with E-state index in [4.69, 9.17) is 16.6 Å². The van der Waals surface area contributed by atoms with Gasteiger partial charge in [-0.05, 0) is 18.4 Å². The molecule has 0 fully saturated rings. The Morgan fingerprint density at radius 3 is 3.09 bits per heavy atom. The second-order valence-corrected chi connectivity index (χ2v) is 4.81. The van der Waals surface area contributed by atoms with E-state index < -0.39 is 0 Å². The molecule has 0 N–H and O–H groups in total. The van der Waals surface area contributed by atoms with Crippen LogP contribution in [0.4, 0.5) is 0 Å². The summed E-state index contributed by atoms with van der Waals surface area (Å²) in [5.41, 5.74) is 0. The summed E-state index contributed by atoms with van der Waals surface area (Å²) in [6, 6.07) is 3.84. The van der Waals surface area contributed by atoms with Gasteiger partial charge in [0.1, 0.15) is 9.29 Å². The van der Waals surface area contributed by atoms with E-state index in [0.717, 1.165) is 15.0 Å². The molecule has 0 aliphatic heterocycles. The van der Waals surface area contributed by atoms with Gasteiger partial charge in [0.2, 0.25) is 0 Å². The Morgan fingerprint density at radius 2 is 2.55 bits per heavy atom. The first-order valence-corrected chi connectivity index (χ1v) is 5.68. The quantitative estimate of drug-likeness (QED) is 0.686. The van der Waals surface area contributed by atoms with Crippen LogP contribution in [0.15, 0.2) is 22.8 Å². The lowest BCUT2D eigenvalue weighted by molar-refractivity contribution is 0.530. The third kappa shape index (κ3) is 3.31. The number of rotatable bonds is 2. The van der Waals surface area contributed by atoms with Gasteiger partial charge in [0.05, 0.1) is 12.0 Å². The average Bonchev–Trinajstić information content (AvgIpc) is 2.52. The standard InChI is InChI=1S/C7H8OS3/c1-10-7(9)11-5-6-3-2-4-8-6/h2-4H,5H2,1H3. The summed E-state index contributed by atoms with van der Waals surface area (Å²) in [7, 11) is 0. The summed E-state index contributed by atoms with van der Waals surface area (Å²) in [6.07, 6.45) is 3.66. The minimum absolute atomic E-state index is 0.840. The Balaban J connectivity index is 2.29. The molecule has 0 amide bonds. The van der Waals surface area contributed by atoms with Crippen LogP contribution in [-0.4, -0.2) is 9.78 Å². The maximum Gasteiger partial charge on any atom is 0.114 e. The molecule has 0 aliphatic carbocycles. The highest BCUT2D eigenvalue weighted by Gasteiger charge is 1.98. The van der Waals surface area contributed by atoms with Crippen molar-refractivity contribution in [2.75, 3.05) is 6.26 Å². The summed E-state index contributed by atoms with van der Waals surface area (Å²) in [5.74, 6) is 1.82. The second kappa shape index (κ2) is 4.85. The highest BCUT2D eigenvalue weighted by Crippen LogP contribution is 2.19. The number of hydrogen-bond acceptors (Lipinski definition) is 4. The second-order valence-electron chi connectivity index (χ2n) is 1.82. The lowest BCUT2D eigenvalue weighted by Gasteiger charge is -1.95. The summed E-state index contributed by atoms with van der Waals surface area (Å²) < 4.78 is 6.10. The van der Waals surface area contributed by atoms with Crippen molar-refractivity contribution in [1.82, 2.24) is 0 Å². The predicted molar refractivity (Wildman–Crippen MR) is 56.1 cm³/mol. The van der Waals surface area contributed by atoms with Gasteiger partial charge in [0, 0.05) is 0 Å². The van der Waals surface area contributed by atoms with Crippen molar-refractivity contribution in [2.24, 2.45) is 0 Å². The molecule has 1 heterocycles. The molecule has 0 bridgehead atoms. The monoisotopic (exact) mass is 204 g/mol. The molecule has 0 atom stereocenters. The zero-order valence-electron chi connectivity index (χ0n) is 6.07. The highest BCUT2D eigenvalue weighted by atomic mass is 32.2. The third-order valence-electron chi connectivity index (χ3n) is 1.08. The van der Waals surface area contributed by atoms with Crippen LogP contribution in [-0.2, 0) is 5.75 Å². The fraction of sp³-hybridized carbons (Fsp3) is 0.286. The first kappa shape index (κ1) is 9.16. The largest absolute Gasteiger partial charge is 0.468 e. The fourth-order valence-corrected chi connectivity index (χ4v) is 1.83. The van der Waals surface area contributed by atoms with Gasteiger partial charge in [-0.25, -0.2) is 0 Å². The molecule has 4 heteroatoms. The van der Waals surface area contributed by atoms with Crippen LogP contribution < -0.4 is 0 Å². The molecule has 1 nitrogen and oxygen atoms in total. The number of hydrogen-bond donors (Lipinski definition) is 0. The van der Waals surface area contributed by atoms with Gasteiger partial charge in [0.25, 0.3) is 0 Å². The summed E-state index contributed by atoms with van der Waals surface area (Å²) >= 11 is 8.25. The van der Waals surface area contributed by atoms with Gasteiger partial charge in [-0.15, -0.1) is 11.8 Å². The summed E-state index contributed by atoms with van der Waals surface area (Å²) in [4.78, 5) is 0. The van der Waals surface area contributed by atoms with E-state index in [1.54, 1.807) is 29.8 Å². The van der Waals surface area contributed by atoms with E-state index in [9.17, 15) is 0 Å². The summed E-state index contributed by atoms with van der Waals surface area (Å²) in [6.45, 7) is 0. The van der Waals surface area contributed by atoms with Crippen LogP contribution in [0.5, 0.6) is 0 Å². The maximum atomic E-state index is 5.14. The smallest absolute Gasteiger partial charge is 0.114 e. The molecule has 0 saturated carbocycles.